The van der Waals surface area contributed by atoms with Crippen LogP contribution in [0.4, 0.5) is 10.8 Å². The minimum Gasteiger partial charge on any atom is -0.492 e. The van der Waals surface area contributed by atoms with E-state index in [2.05, 4.69) is 21.6 Å². The van der Waals surface area contributed by atoms with Gasteiger partial charge in [-0.1, -0.05) is 53.4 Å². The molecule has 0 amide bonds. The zero-order chi connectivity index (χ0) is 17.5. The summed E-state index contributed by atoms with van der Waals surface area (Å²) < 4.78 is 6.46. The Labute approximate surface area is 154 Å². The number of hydrogen-bond acceptors (Lipinski definition) is 7. The van der Waals surface area contributed by atoms with E-state index in [4.69, 9.17) is 10.00 Å². The van der Waals surface area contributed by atoms with E-state index in [-0.39, 0.29) is 0 Å². The molecule has 2 aromatic carbocycles. The molecule has 7 heteroatoms. The number of thioether (sulfide) groups is 1. The van der Waals surface area contributed by atoms with E-state index in [1.54, 1.807) is 11.8 Å². The van der Waals surface area contributed by atoms with Crippen LogP contribution in [0.15, 0.2) is 52.9 Å². The molecule has 0 aliphatic rings. The molecule has 0 aliphatic carbocycles. The van der Waals surface area contributed by atoms with Crippen molar-refractivity contribution in [3.05, 3.63) is 59.7 Å². The Morgan fingerprint density at radius 1 is 1.16 bits per heavy atom. The highest BCUT2D eigenvalue weighted by atomic mass is 32.2. The summed E-state index contributed by atoms with van der Waals surface area (Å²) in [7, 11) is 0. The summed E-state index contributed by atoms with van der Waals surface area (Å²) in [6.45, 7) is 2.56. The smallest absolute Gasteiger partial charge is 0.210 e. The third-order valence-corrected chi connectivity index (χ3v) is 5.34. The van der Waals surface area contributed by atoms with Gasteiger partial charge in [-0.15, -0.1) is 10.2 Å². The van der Waals surface area contributed by atoms with E-state index in [9.17, 15) is 0 Å². The molecule has 25 heavy (non-hydrogen) atoms. The zero-order valence-electron chi connectivity index (χ0n) is 13.6. The molecule has 3 rings (SSSR count). The van der Waals surface area contributed by atoms with Crippen molar-refractivity contribution < 1.29 is 4.74 Å². The van der Waals surface area contributed by atoms with E-state index in [1.165, 1.54) is 11.3 Å². The fourth-order valence-electron chi connectivity index (χ4n) is 2.18. The van der Waals surface area contributed by atoms with Gasteiger partial charge in [-0.3, -0.25) is 0 Å². The third kappa shape index (κ3) is 4.50. The molecule has 0 unspecified atom stereocenters. The summed E-state index contributed by atoms with van der Waals surface area (Å²) >= 11 is 3.05. The predicted molar refractivity (Wildman–Crippen MR) is 102 cm³/mol. The number of nitrogens with zero attached hydrogens (tertiary/aromatic N) is 3. The predicted octanol–water partition coefficient (Wildman–Crippen LogP) is 4.84. The van der Waals surface area contributed by atoms with Crippen LogP contribution in [0.5, 0.6) is 5.75 Å². The lowest BCUT2D eigenvalue weighted by Crippen LogP contribution is -1.97. The zero-order valence-corrected chi connectivity index (χ0v) is 15.2. The molecule has 0 radical (unpaired) electrons. The minimum absolute atomic E-state index is 0.605. The molecule has 0 aliphatic heterocycles. The topological polar surface area (TPSA) is 70.8 Å². The molecule has 0 saturated carbocycles. The minimum atomic E-state index is 0.605. The monoisotopic (exact) mass is 368 g/mol. The highest BCUT2D eigenvalue weighted by Gasteiger charge is 2.09. The van der Waals surface area contributed by atoms with Crippen LogP contribution in [0.2, 0.25) is 0 Å². The molecule has 1 N–H and O–H groups in total. The van der Waals surface area contributed by atoms with E-state index in [1.807, 2.05) is 55.5 Å². The van der Waals surface area contributed by atoms with Crippen LogP contribution in [0, 0.1) is 11.3 Å². The Bertz CT molecular complexity index is 889. The standard InChI is InChI=1S/C18H16N4OS2/c1-2-23-16-10-6-5-9-15(16)20-17-21-22-18(25-17)24-12-14-8-4-3-7-13(14)11-19/h3-10H,2,12H2,1H3,(H,20,21). The van der Waals surface area contributed by atoms with Crippen molar-refractivity contribution in [3.8, 4) is 11.8 Å². The lowest BCUT2D eigenvalue weighted by atomic mass is 10.1. The first-order chi connectivity index (χ1) is 12.3. The molecule has 0 bridgehead atoms. The number of ether oxygens (including phenoxy) is 1. The molecule has 1 aromatic heterocycles. The van der Waals surface area contributed by atoms with Gasteiger partial charge in [0.1, 0.15) is 5.75 Å². The maximum atomic E-state index is 9.15. The number of anilines is 2. The molecule has 126 valence electrons. The number of aromatic nitrogens is 2. The molecule has 5 nitrogen and oxygen atoms in total. The van der Waals surface area contributed by atoms with Gasteiger partial charge in [0.05, 0.1) is 23.9 Å². The van der Waals surface area contributed by atoms with Crippen molar-refractivity contribution in [1.82, 2.24) is 10.2 Å². The van der Waals surface area contributed by atoms with Gasteiger partial charge >= 0.3 is 0 Å². The molecule has 0 atom stereocenters. The second kappa shape index (κ2) is 8.51. The van der Waals surface area contributed by atoms with Crippen LogP contribution in [-0.2, 0) is 5.75 Å². The van der Waals surface area contributed by atoms with Crippen LogP contribution in [0.25, 0.3) is 0 Å². The average Bonchev–Trinajstić information content (AvgIpc) is 3.09. The highest BCUT2D eigenvalue weighted by molar-refractivity contribution is 8.00. The number of rotatable bonds is 7. The fraction of sp³-hybridized carbons (Fsp3) is 0.167. The van der Waals surface area contributed by atoms with Crippen molar-refractivity contribution in [2.75, 3.05) is 11.9 Å². The first-order valence-corrected chi connectivity index (χ1v) is 9.53. The lowest BCUT2D eigenvalue weighted by molar-refractivity contribution is 0.342. The Morgan fingerprint density at radius 3 is 2.80 bits per heavy atom. The van der Waals surface area contributed by atoms with Crippen molar-refractivity contribution in [2.24, 2.45) is 0 Å². The Morgan fingerprint density at radius 2 is 1.96 bits per heavy atom. The summed E-state index contributed by atoms with van der Waals surface area (Å²) in [5, 5.41) is 21.5. The molecular formula is C18H16N4OS2. The maximum Gasteiger partial charge on any atom is 0.210 e. The molecule has 0 spiro atoms. The third-order valence-electron chi connectivity index (χ3n) is 3.32. The van der Waals surface area contributed by atoms with Crippen LogP contribution in [-0.4, -0.2) is 16.8 Å². The highest BCUT2D eigenvalue weighted by Crippen LogP contribution is 2.33. The Balaban J connectivity index is 1.66. The van der Waals surface area contributed by atoms with E-state index >= 15 is 0 Å². The largest absolute Gasteiger partial charge is 0.492 e. The van der Waals surface area contributed by atoms with Gasteiger partial charge in [0, 0.05) is 5.75 Å². The first kappa shape index (κ1) is 17.3. The Kier molecular flexibility index (Phi) is 5.88. The van der Waals surface area contributed by atoms with Crippen LogP contribution in [0.1, 0.15) is 18.1 Å². The van der Waals surface area contributed by atoms with Gasteiger partial charge in [0.15, 0.2) is 4.34 Å². The molecule has 1 heterocycles. The van der Waals surface area contributed by atoms with Gasteiger partial charge in [0.25, 0.3) is 0 Å². The molecule has 3 aromatic rings. The number of nitrogens with one attached hydrogen (secondary N) is 1. The second-order valence-electron chi connectivity index (χ2n) is 4.98. The van der Waals surface area contributed by atoms with Gasteiger partial charge in [-0.05, 0) is 30.7 Å². The van der Waals surface area contributed by atoms with Gasteiger partial charge < -0.3 is 10.1 Å². The summed E-state index contributed by atoms with van der Waals surface area (Å²) in [6.07, 6.45) is 0. The number of hydrogen-bond donors (Lipinski definition) is 1. The molecular weight excluding hydrogens is 352 g/mol. The Hall–Kier alpha value is -2.56. The number of benzene rings is 2. The average molecular weight is 368 g/mol. The van der Waals surface area contributed by atoms with Crippen molar-refractivity contribution in [3.63, 3.8) is 0 Å². The quantitative estimate of drug-likeness (QED) is 0.602. The number of para-hydroxylation sites is 2. The fourth-order valence-corrected chi connectivity index (χ4v) is 3.95. The van der Waals surface area contributed by atoms with E-state index in [0.29, 0.717) is 23.1 Å². The summed E-state index contributed by atoms with van der Waals surface area (Å²) in [4.78, 5) is 0. The van der Waals surface area contributed by atoms with Gasteiger partial charge in [-0.2, -0.15) is 5.26 Å². The van der Waals surface area contributed by atoms with Crippen molar-refractivity contribution in [1.29, 1.82) is 5.26 Å². The molecule has 0 saturated heterocycles. The maximum absolute atomic E-state index is 9.15. The summed E-state index contributed by atoms with van der Waals surface area (Å²) in [5.74, 6) is 1.48. The first-order valence-electron chi connectivity index (χ1n) is 7.73. The molecule has 0 fully saturated rings. The van der Waals surface area contributed by atoms with Crippen molar-refractivity contribution in [2.45, 2.75) is 17.0 Å². The van der Waals surface area contributed by atoms with Crippen LogP contribution in [0.3, 0.4) is 0 Å². The van der Waals surface area contributed by atoms with Gasteiger partial charge in [-0.25, -0.2) is 0 Å². The van der Waals surface area contributed by atoms with E-state index < -0.39 is 0 Å². The summed E-state index contributed by atoms with van der Waals surface area (Å²) in [5.41, 5.74) is 2.57. The van der Waals surface area contributed by atoms with Crippen LogP contribution < -0.4 is 10.1 Å². The summed E-state index contributed by atoms with van der Waals surface area (Å²) in [6, 6.07) is 17.6. The second-order valence-corrected chi connectivity index (χ2v) is 7.18. The number of nitriles is 1. The van der Waals surface area contributed by atoms with Crippen LogP contribution >= 0.6 is 23.1 Å². The lowest BCUT2D eigenvalue weighted by Gasteiger charge is -2.09. The van der Waals surface area contributed by atoms with Crippen molar-refractivity contribution >= 4 is 33.9 Å². The SMILES string of the molecule is CCOc1ccccc1Nc1nnc(SCc2ccccc2C#N)s1. The van der Waals surface area contributed by atoms with E-state index in [0.717, 1.165) is 21.3 Å². The van der Waals surface area contributed by atoms with Gasteiger partial charge in [0.2, 0.25) is 5.13 Å². The normalized spacial score (nSPS) is 10.2.